The van der Waals surface area contributed by atoms with Gasteiger partial charge in [0.25, 0.3) is 0 Å². The van der Waals surface area contributed by atoms with E-state index < -0.39 is 0 Å². The molecule has 0 fully saturated rings. The Bertz CT molecular complexity index is 600. The maximum atomic E-state index is 8.87. The van der Waals surface area contributed by atoms with E-state index in [-0.39, 0.29) is 12.2 Å². The fourth-order valence-electron chi connectivity index (χ4n) is 1.25. The summed E-state index contributed by atoms with van der Waals surface area (Å²) in [6, 6.07) is 7.21. The third-order valence-corrected chi connectivity index (χ3v) is 2.29. The van der Waals surface area contributed by atoms with Crippen LogP contribution in [0.4, 0.5) is 0 Å². The highest BCUT2D eigenvalue weighted by atomic mass is 79.9. The van der Waals surface area contributed by atoms with Crippen molar-refractivity contribution in [1.82, 2.24) is 15.0 Å². The molecule has 0 aliphatic carbocycles. The van der Waals surface area contributed by atoms with Crippen molar-refractivity contribution < 1.29 is 4.42 Å². The molecule has 0 aliphatic heterocycles. The lowest BCUT2D eigenvalue weighted by Gasteiger charge is -1.97. The van der Waals surface area contributed by atoms with E-state index in [1.807, 2.05) is 12.1 Å². The summed E-state index contributed by atoms with van der Waals surface area (Å²) in [5, 5.41) is 24.9. The molecule has 2 aromatic rings. The lowest BCUT2D eigenvalue weighted by atomic mass is 10.2. The molecule has 78 valence electrons. The van der Waals surface area contributed by atoms with E-state index in [1.54, 1.807) is 12.1 Å². The Morgan fingerprint density at radius 1 is 1.44 bits per heavy atom. The summed E-state index contributed by atoms with van der Waals surface area (Å²) in [7, 11) is 0. The van der Waals surface area contributed by atoms with E-state index in [0.29, 0.717) is 16.1 Å². The summed E-state index contributed by atoms with van der Waals surface area (Å²) in [6.45, 7) is 0.0162. The van der Waals surface area contributed by atoms with Gasteiger partial charge in [0.1, 0.15) is 18.3 Å². The lowest BCUT2D eigenvalue weighted by molar-refractivity contribution is 0.545. The highest BCUT2D eigenvalue weighted by Gasteiger charge is 2.17. The van der Waals surface area contributed by atoms with Crippen molar-refractivity contribution in [3.63, 3.8) is 0 Å². The molecule has 0 N–H and O–H groups in total. The summed E-state index contributed by atoms with van der Waals surface area (Å²) in [6.07, 6.45) is 0. The van der Waals surface area contributed by atoms with Gasteiger partial charge in [-0.15, -0.1) is 5.10 Å². The van der Waals surface area contributed by atoms with Crippen LogP contribution in [0.15, 0.2) is 21.2 Å². The Balaban J connectivity index is 2.58. The van der Waals surface area contributed by atoms with Crippen LogP contribution in [0.2, 0.25) is 0 Å². The molecule has 0 radical (unpaired) electrons. The Labute approximate surface area is 98.8 Å². The Kier molecular flexibility index (Phi) is 2.71. The first kappa shape index (κ1) is 10.4. The number of nitrogens with zero attached hydrogens (tertiary/aromatic N) is 5. The number of furan rings is 1. The van der Waals surface area contributed by atoms with Crippen molar-refractivity contribution in [2.75, 3.05) is 0 Å². The first-order valence-electron chi connectivity index (χ1n) is 4.22. The van der Waals surface area contributed by atoms with Gasteiger partial charge in [-0.3, -0.25) is 0 Å². The predicted molar refractivity (Wildman–Crippen MR) is 55.8 cm³/mol. The average Bonchev–Trinajstić information content (AvgIpc) is 2.85. The van der Waals surface area contributed by atoms with Crippen molar-refractivity contribution in [2.24, 2.45) is 0 Å². The van der Waals surface area contributed by atoms with Gasteiger partial charge in [-0.05, 0) is 28.1 Å². The van der Waals surface area contributed by atoms with Gasteiger partial charge in [0.05, 0.1) is 6.07 Å². The van der Waals surface area contributed by atoms with Gasteiger partial charge in [0.15, 0.2) is 16.1 Å². The smallest absolute Gasteiger partial charge is 0.193 e. The van der Waals surface area contributed by atoms with Crippen LogP contribution in [-0.4, -0.2) is 15.0 Å². The van der Waals surface area contributed by atoms with Gasteiger partial charge >= 0.3 is 0 Å². The highest BCUT2D eigenvalue weighted by molar-refractivity contribution is 9.10. The summed E-state index contributed by atoms with van der Waals surface area (Å²) in [5.74, 6) is 0.448. The largest absolute Gasteiger partial charge is 0.448 e. The minimum Gasteiger partial charge on any atom is -0.448 e. The number of aromatic nitrogens is 3. The molecule has 0 bridgehead atoms. The summed E-state index contributed by atoms with van der Waals surface area (Å²) >= 11 is 3.16. The minimum absolute atomic E-state index is 0.0162. The molecule has 0 aromatic carbocycles. The van der Waals surface area contributed by atoms with E-state index >= 15 is 0 Å². The Hall–Kier alpha value is -2.12. The fourth-order valence-corrected chi connectivity index (χ4v) is 1.56. The van der Waals surface area contributed by atoms with Gasteiger partial charge in [-0.1, -0.05) is 5.21 Å². The molecule has 0 amide bonds. The number of hydrogen-bond acceptors (Lipinski definition) is 5. The standard InChI is InChI=1S/C9H4BrN5O/c10-8-2-1-7(16-8)9-6(5-12)13-14-15(9)4-3-11/h1-2H,4H2. The maximum Gasteiger partial charge on any atom is 0.193 e. The van der Waals surface area contributed by atoms with Crippen molar-refractivity contribution in [2.45, 2.75) is 6.54 Å². The Morgan fingerprint density at radius 3 is 2.81 bits per heavy atom. The molecule has 2 rings (SSSR count). The zero-order chi connectivity index (χ0) is 11.5. The van der Waals surface area contributed by atoms with Crippen molar-refractivity contribution in [1.29, 1.82) is 10.5 Å². The summed E-state index contributed by atoms with van der Waals surface area (Å²) < 4.78 is 7.17. The molecule has 0 spiro atoms. The molecule has 2 heterocycles. The zero-order valence-corrected chi connectivity index (χ0v) is 9.47. The molecule has 0 unspecified atom stereocenters. The van der Waals surface area contributed by atoms with Crippen LogP contribution in [-0.2, 0) is 6.54 Å². The van der Waals surface area contributed by atoms with Crippen molar-refractivity contribution in [3.8, 4) is 23.6 Å². The van der Waals surface area contributed by atoms with E-state index in [9.17, 15) is 0 Å². The van der Waals surface area contributed by atoms with Crippen LogP contribution in [0.3, 0.4) is 0 Å². The normalized spacial score (nSPS) is 9.69. The molecular formula is C9H4BrN5O. The third-order valence-electron chi connectivity index (χ3n) is 1.87. The van der Waals surface area contributed by atoms with Gasteiger partial charge in [0, 0.05) is 0 Å². The highest BCUT2D eigenvalue weighted by Crippen LogP contribution is 2.26. The molecule has 16 heavy (non-hydrogen) atoms. The molecule has 0 atom stereocenters. The second-order valence-electron chi connectivity index (χ2n) is 2.82. The van der Waals surface area contributed by atoms with Gasteiger partial charge in [-0.2, -0.15) is 10.5 Å². The van der Waals surface area contributed by atoms with E-state index in [1.165, 1.54) is 4.68 Å². The van der Waals surface area contributed by atoms with Crippen LogP contribution >= 0.6 is 15.9 Å². The van der Waals surface area contributed by atoms with Crippen LogP contribution in [0, 0.1) is 22.7 Å². The predicted octanol–water partition coefficient (Wildman–Crippen LogP) is 1.70. The first-order chi connectivity index (χ1) is 7.76. The van der Waals surface area contributed by atoms with E-state index in [4.69, 9.17) is 14.9 Å². The van der Waals surface area contributed by atoms with Crippen molar-refractivity contribution in [3.05, 3.63) is 22.5 Å². The molecule has 7 heteroatoms. The van der Waals surface area contributed by atoms with Gasteiger partial charge in [0.2, 0.25) is 0 Å². The van der Waals surface area contributed by atoms with Gasteiger partial charge < -0.3 is 4.42 Å². The van der Waals surface area contributed by atoms with E-state index in [0.717, 1.165) is 0 Å². The van der Waals surface area contributed by atoms with Crippen LogP contribution < -0.4 is 0 Å². The SMILES string of the molecule is N#CCn1nnc(C#N)c1-c1ccc(Br)o1. The molecule has 0 saturated heterocycles. The second kappa shape index (κ2) is 4.17. The monoisotopic (exact) mass is 277 g/mol. The first-order valence-corrected chi connectivity index (χ1v) is 5.02. The molecular weight excluding hydrogens is 274 g/mol. The minimum atomic E-state index is 0.0162. The maximum absolute atomic E-state index is 8.87. The van der Waals surface area contributed by atoms with Crippen molar-refractivity contribution >= 4 is 15.9 Å². The summed E-state index contributed by atoms with van der Waals surface area (Å²) in [4.78, 5) is 0. The lowest BCUT2D eigenvalue weighted by Crippen LogP contribution is -2.00. The van der Waals surface area contributed by atoms with Crippen LogP contribution in [0.1, 0.15) is 5.69 Å². The molecule has 0 saturated carbocycles. The number of halogens is 1. The average molecular weight is 278 g/mol. The molecule has 2 aromatic heterocycles. The number of hydrogen-bond donors (Lipinski definition) is 0. The quantitative estimate of drug-likeness (QED) is 0.833. The fraction of sp³-hybridized carbons (Fsp3) is 0.111. The topological polar surface area (TPSA) is 91.4 Å². The molecule has 6 nitrogen and oxygen atoms in total. The van der Waals surface area contributed by atoms with Crippen LogP contribution in [0.25, 0.3) is 11.5 Å². The number of nitriles is 2. The second-order valence-corrected chi connectivity index (χ2v) is 3.60. The van der Waals surface area contributed by atoms with Crippen LogP contribution in [0.5, 0.6) is 0 Å². The summed E-state index contributed by atoms with van der Waals surface area (Å²) in [5.41, 5.74) is 0.548. The molecule has 0 aliphatic rings. The van der Waals surface area contributed by atoms with Gasteiger partial charge in [-0.25, -0.2) is 4.68 Å². The van der Waals surface area contributed by atoms with E-state index in [2.05, 4.69) is 26.2 Å². The Morgan fingerprint density at radius 2 is 2.25 bits per heavy atom. The third kappa shape index (κ3) is 1.69. The number of rotatable bonds is 2. The zero-order valence-electron chi connectivity index (χ0n) is 7.88.